The van der Waals surface area contributed by atoms with Crippen LogP contribution in [0, 0.1) is 0 Å². The van der Waals surface area contributed by atoms with Crippen molar-refractivity contribution < 1.29 is 4.74 Å². The van der Waals surface area contributed by atoms with Crippen molar-refractivity contribution in [2.45, 2.75) is 25.7 Å². The first-order chi connectivity index (χ1) is 11.8. The second-order valence-electron chi connectivity index (χ2n) is 5.76. The van der Waals surface area contributed by atoms with Gasteiger partial charge in [-0.05, 0) is 61.1 Å². The van der Waals surface area contributed by atoms with Crippen LogP contribution >= 0.6 is 11.3 Å². The Hall–Kier alpha value is -2.47. The van der Waals surface area contributed by atoms with E-state index in [9.17, 15) is 0 Å². The molecule has 0 unspecified atom stereocenters. The van der Waals surface area contributed by atoms with E-state index < -0.39 is 0 Å². The molecule has 2 aromatic heterocycles. The molecule has 0 spiro atoms. The number of aryl methyl sites for hydroxylation is 2. The first kappa shape index (κ1) is 15.1. The molecule has 1 aliphatic rings. The van der Waals surface area contributed by atoms with Gasteiger partial charge in [-0.15, -0.1) is 11.3 Å². The lowest BCUT2D eigenvalue weighted by molar-refractivity contribution is 0.415. The van der Waals surface area contributed by atoms with Crippen molar-refractivity contribution >= 4 is 33.6 Å². The fourth-order valence-corrected chi connectivity index (χ4v) is 4.26. The van der Waals surface area contributed by atoms with E-state index in [1.165, 1.54) is 23.3 Å². The highest BCUT2D eigenvalue weighted by molar-refractivity contribution is 7.19. The number of nitrogens with one attached hydrogen (secondary N) is 1. The van der Waals surface area contributed by atoms with Gasteiger partial charge < -0.3 is 4.74 Å². The number of benzene rings is 1. The van der Waals surface area contributed by atoms with Crippen LogP contribution < -0.4 is 10.2 Å². The summed E-state index contributed by atoms with van der Waals surface area (Å²) in [6.07, 6.45) is 8.17. The molecule has 2 heterocycles. The summed E-state index contributed by atoms with van der Waals surface area (Å²) in [5.41, 5.74) is 5.50. The fourth-order valence-electron chi connectivity index (χ4n) is 3.03. The van der Waals surface area contributed by atoms with Gasteiger partial charge in [-0.1, -0.05) is 0 Å². The predicted octanol–water partition coefficient (Wildman–Crippen LogP) is 4.02. The van der Waals surface area contributed by atoms with E-state index in [0.717, 1.165) is 40.2 Å². The van der Waals surface area contributed by atoms with Gasteiger partial charge in [0, 0.05) is 4.88 Å². The van der Waals surface area contributed by atoms with Gasteiger partial charge >= 0.3 is 0 Å². The highest BCUT2D eigenvalue weighted by Crippen LogP contribution is 2.38. The van der Waals surface area contributed by atoms with E-state index in [-0.39, 0.29) is 0 Å². The Morgan fingerprint density at radius 1 is 1.17 bits per heavy atom. The largest absolute Gasteiger partial charge is 0.497 e. The molecule has 0 aliphatic heterocycles. The van der Waals surface area contributed by atoms with Crippen LogP contribution in [0.4, 0.5) is 5.82 Å². The number of aromatic nitrogens is 2. The first-order valence-corrected chi connectivity index (χ1v) is 8.85. The second kappa shape index (κ2) is 6.57. The number of fused-ring (bicyclic) bond motifs is 3. The van der Waals surface area contributed by atoms with Crippen molar-refractivity contribution in [1.29, 1.82) is 0 Å². The summed E-state index contributed by atoms with van der Waals surface area (Å²) < 4.78 is 5.16. The molecule has 0 amide bonds. The number of methoxy groups -OCH3 is 1. The summed E-state index contributed by atoms with van der Waals surface area (Å²) in [6.45, 7) is 0. The summed E-state index contributed by atoms with van der Waals surface area (Å²) in [7, 11) is 1.66. The second-order valence-corrected chi connectivity index (χ2v) is 6.84. The highest BCUT2D eigenvalue weighted by atomic mass is 32.1. The Labute approximate surface area is 144 Å². The summed E-state index contributed by atoms with van der Waals surface area (Å²) in [6, 6.07) is 7.76. The third-order valence-electron chi connectivity index (χ3n) is 4.25. The first-order valence-electron chi connectivity index (χ1n) is 8.03. The van der Waals surface area contributed by atoms with Crippen LogP contribution in [-0.2, 0) is 12.8 Å². The fraction of sp³-hybridized carbons (Fsp3) is 0.278. The van der Waals surface area contributed by atoms with E-state index in [1.807, 2.05) is 24.3 Å². The molecule has 1 N–H and O–H groups in total. The molecule has 0 saturated heterocycles. The zero-order valence-corrected chi connectivity index (χ0v) is 14.3. The minimum Gasteiger partial charge on any atom is -0.497 e. The van der Waals surface area contributed by atoms with Crippen molar-refractivity contribution in [2.24, 2.45) is 5.10 Å². The van der Waals surface area contributed by atoms with Gasteiger partial charge in [0.25, 0.3) is 0 Å². The molecule has 1 aliphatic carbocycles. The monoisotopic (exact) mass is 338 g/mol. The minimum atomic E-state index is 0.796. The van der Waals surface area contributed by atoms with E-state index in [0.29, 0.717) is 0 Å². The van der Waals surface area contributed by atoms with Crippen LogP contribution in [-0.4, -0.2) is 23.3 Å². The number of anilines is 1. The molecule has 0 atom stereocenters. The average molecular weight is 338 g/mol. The molecule has 4 rings (SSSR count). The molecule has 0 radical (unpaired) electrons. The number of ether oxygens (including phenoxy) is 1. The molecular weight excluding hydrogens is 320 g/mol. The zero-order chi connectivity index (χ0) is 16.4. The topological polar surface area (TPSA) is 59.4 Å². The smallest absolute Gasteiger partial charge is 0.158 e. The van der Waals surface area contributed by atoms with Gasteiger partial charge in [-0.3, -0.25) is 5.43 Å². The maximum absolute atomic E-state index is 5.16. The number of nitrogens with zero attached hydrogens (tertiary/aromatic N) is 3. The maximum atomic E-state index is 5.16. The van der Waals surface area contributed by atoms with Gasteiger partial charge in [-0.25, -0.2) is 9.97 Å². The maximum Gasteiger partial charge on any atom is 0.158 e. The predicted molar refractivity (Wildman–Crippen MR) is 98.3 cm³/mol. The molecular formula is C18H18N4OS. The van der Waals surface area contributed by atoms with Crippen molar-refractivity contribution in [1.82, 2.24) is 9.97 Å². The van der Waals surface area contributed by atoms with Crippen LogP contribution in [0.1, 0.15) is 28.8 Å². The van der Waals surface area contributed by atoms with E-state index in [1.54, 1.807) is 31.0 Å². The third kappa shape index (κ3) is 2.85. The van der Waals surface area contributed by atoms with Gasteiger partial charge in [0.05, 0.1) is 18.7 Å². The highest BCUT2D eigenvalue weighted by Gasteiger charge is 2.19. The molecule has 24 heavy (non-hydrogen) atoms. The zero-order valence-electron chi connectivity index (χ0n) is 13.5. The van der Waals surface area contributed by atoms with Crippen molar-refractivity contribution in [3.8, 4) is 5.75 Å². The number of rotatable bonds is 4. The van der Waals surface area contributed by atoms with Crippen molar-refractivity contribution in [3.05, 3.63) is 46.6 Å². The average Bonchev–Trinajstić information content (AvgIpc) is 3.02. The number of thiophene rings is 1. The van der Waals surface area contributed by atoms with Crippen LogP contribution in [0.15, 0.2) is 35.7 Å². The Morgan fingerprint density at radius 3 is 2.83 bits per heavy atom. The standard InChI is InChI=1S/C18H18N4OS/c1-23-13-8-6-12(7-9-13)10-21-22-17-16-14-4-2-3-5-15(14)24-18(16)20-11-19-17/h6-11H,2-5H2,1H3,(H,19,20,22)/b21-10+. The van der Waals surface area contributed by atoms with E-state index >= 15 is 0 Å². The molecule has 5 nitrogen and oxygen atoms in total. The Balaban J connectivity index is 1.60. The normalized spacial score (nSPS) is 14.0. The lowest BCUT2D eigenvalue weighted by Crippen LogP contribution is -2.00. The lowest BCUT2D eigenvalue weighted by Gasteiger charge is -2.11. The summed E-state index contributed by atoms with van der Waals surface area (Å²) in [5, 5.41) is 5.49. The van der Waals surface area contributed by atoms with Crippen molar-refractivity contribution in [2.75, 3.05) is 12.5 Å². The number of hydrogen-bond acceptors (Lipinski definition) is 6. The van der Waals surface area contributed by atoms with Gasteiger partial charge in [-0.2, -0.15) is 5.10 Å². The SMILES string of the molecule is COc1ccc(/C=N/Nc2ncnc3sc4c(c23)CCCC4)cc1. The Bertz CT molecular complexity index is 886. The van der Waals surface area contributed by atoms with Crippen LogP contribution in [0.25, 0.3) is 10.2 Å². The summed E-state index contributed by atoms with van der Waals surface area (Å²) >= 11 is 1.79. The minimum absolute atomic E-state index is 0.796. The molecule has 122 valence electrons. The van der Waals surface area contributed by atoms with Gasteiger partial charge in [0.2, 0.25) is 0 Å². The summed E-state index contributed by atoms with van der Waals surface area (Å²) in [5.74, 6) is 1.63. The van der Waals surface area contributed by atoms with Gasteiger partial charge in [0.1, 0.15) is 16.9 Å². The Morgan fingerprint density at radius 2 is 2.00 bits per heavy atom. The van der Waals surface area contributed by atoms with Crippen LogP contribution in [0.5, 0.6) is 5.75 Å². The number of hydrazone groups is 1. The molecule has 3 aromatic rings. The van der Waals surface area contributed by atoms with E-state index in [2.05, 4.69) is 20.5 Å². The number of hydrogen-bond donors (Lipinski definition) is 1. The molecule has 0 bridgehead atoms. The van der Waals surface area contributed by atoms with Gasteiger partial charge in [0.15, 0.2) is 5.82 Å². The molecule has 0 saturated carbocycles. The Kier molecular flexibility index (Phi) is 4.13. The quantitative estimate of drug-likeness (QED) is 0.576. The van der Waals surface area contributed by atoms with Crippen LogP contribution in [0.2, 0.25) is 0 Å². The summed E-state index contributed by atoms with van der Waals surface area (Å²) in [4.78, 5) is 11.3. The van der Waals surface area contributed by atoms with E-state index in [4.69, 9.17) is 4.74 Å². The molecule has 1 aromatic carbocycles. The molecule has 0 fully saturated rings. The van der Waals surface area contributed by atoms with Crippen LogP contribution in [0.3, 0.4) is 0 Å². The third-order valence-corrected chi connectivity index (χ3v) is 5.45. The lowest BCUT2D eigenvalue weighted by atomic mass is 9.97. The van der Waals surface area contributed by atoms with Crippen molar-refractivity contribution in [3.63, 3.8) is 0 Å². The molecule has 6 heteroatoms.